The summed E-state index contributed by atoms with van der Waals surface area (Å²) in [5, 5.41) is 9.38. The lowest BCUT2D eigenvalue weighted by Crippen LogP contribution is -2.32. The number of guanidine groups is 1. The van der Waals surface area contributed by atoms with Crippen LogP contribution in [-0.2, 0) is 4.79 Å². The molecule has 1 radical (unpaired) electrons. The minimum atomic E-state index is -0.510. The fourth-order valence-corrected chi connectivity index (χ4v) is 0.604. The van der Waals surface area contributed by atoms with E-state index in [1.165, 1.54) is 0 Å². The van der Waals surface area contributed by atoms with Gasteiger partial charge >= 0.3 is 0 Å². The molecule has 0 aromatic carbocycles. The lowest BCUT2D eigenvalue weighted by Gasteiger charge is -2.03. The molecule has 0 aliphatic carbocycles. The summed E-state index contributed by atoms with van der Waals surface area (Å²) in [6.45, 7) is 0.574. The summed E-state index contributed by atoms with van der Waals surface area (Å²) >= 11 is 0. The van der Waals surface area contributed by atoms with Gasteiger partial charge in [0.25, 0.3) is 0 Å². The van der Waals surface area contributed by atoms with Crippen LogP contribution in [0.15, 0.2) is 0 Å². The number of hydrogen-bond donors (Lipinski definition) is 4. The molecule has 0 saturated heterocycles. The van der Waals surface area contributed by atoms with Crippen LogP contribution in [0.25, 0.3) is 0 Å². The van der Waals surface area contributed by atoms with Crippen molar-refractivity contribution in [2.75, 3.05) is 6.54 Å². The van der Waals surface area contributed by atoms with Gasteiger partial charge in [-0.1, -0.05) is 0 Å². The van der Waals surface area contributed by atoms with Crippen molar-refractivity contribution in [1.82, 2.24) is 5.32 Å². The van der Waals surface area contributed by atoms with E-state index in [4.69, 9.17) is 16.9 Å². The summed E-state index contributed by atoms with van der Waals surface area (Å²) in [4.78, 5) is 9.90. The zero-order valence-electron chi connectivity index (χ0n) is 6.26. The van der Waals surface area contributed by atoms with Gasteiger partial charge in [0.15, 0.2) is 5.96 Å². The SMILES string of the molecule is N=C(N)NCCC[C@H](N)[C]=O. The Morgan fingerprint density at radius 3 is 2.82 bits per heavy atom. The van der Waals surface area contributed by atoms with Crippen molar-refractivity contribution >= 4 is 12.2 Å². The Hall–Kier alpha value is -1.10. The second-order valence-electron chi connectivity index (χ2n) is 2.21. The highest BCUT2D eigenvalue weighted by Crippen LogP contribution is 1.88. The lowest BCUT2D eigenvalue weighted by atomic mass is 10.2. The molecule has 0 aromatic rings. The molecule has 63 valence electrons. The highest BCUT2D eigenvalue weighted by Gasteiger charge is 1.99. The van der Waals surface area contributed by atoms with Gasteiger partial charge in [0.2, 0.25) is 6.29 Å². The van der Waals surface area contributed by atoms with Crippen LogP contribution in [0.1, 0.15) is 12.8 Å². The standard InChI is InChI=1S/C6H13N4O/c7-5(4-11)2-1-3-10-6(8)9/h5H,1-3,7H2,(H4,8,9,10)/t5-/m0/s1. The lowest BCUT2D eigenvalue weighted by molar-refractivity contribution is 0.531. The largest absolute Gasteiger partial charge is 0.370 e. The molecule has 0 aliphatic heterocycles. The minimum Gasteiger partial charge on any atom is -0.370 e. The third-order valence-electron chi connectivity index (χ3n) is 1.16. The van der Waals surface area contributed by atoms with Crippen molar-refractivity contribution in [3.8, 4) is 0 Å². The van der Waals surface area contributed by atoms with E-state index in [0.717, 1.165) is 6.42 Å². The molecule has 0 amide bonds. The molecule has 0 heterocycles. The van der Waals surface area contributed by atoms with E-state index in [-0.39, 0.29) is 5.96 Å². The molecule has 0 rings (SSSR count). The number of nitrogens with two attached hydrogens (primary N) is 2. The highest BCUT2D eigenvalue weighted by molar-refractivity contribution is 5.74. The van der Waals surface area contributed by atoms with Gasteiger partial charge in [-0.2, -0.15) is 0 Å². The summed E-state index contributed by atoms with van der Waals surface area (Å²) in [6, 6.07) is -0.510. The summed E-state index contributed by atoms with van der Waals surface area (Å²) < 4.78 is 0. The Morgan fingerprint density at radius 2 is 2.36 bits per heavy atom. The Bertz CT molecular complexity index is 137. The second-order valence-corrected chi connectivity index (χ2v) is 2.21. The number of carbonyl (C=O) groups excluding carboxylic acids is 1. The predicted octanol–water partition coefficient (Wildman–Crippen LogP) is -1.31. The van der Waals surface area contributed by atoms with Crippen molar-refractivity contribution in [2.45, 2.75) is 18.9 Å². The van der Waals surface area contributed by atoms with E-state index in [1.54, 1.807) is 6.29 Å². The van der Waals surface area contributed by atoms with Gasteiger partial charge in [0.1, 0.15) is 0 Å². The van der Waals surface area contributed by atoms with E-state index < -0.39 is 6.04 Å². The van der Waals surface area contributed by atoms with Crippen molar-refractivity contribution in [3.05, 3.63) is 0 Å². The monoisotopic (exact) mass is 157 g/mol. The summed E-state index contributed by atoms with van der Waals surface area (Å²) in [6.07, 6.45) is 2.96. The average Bonchev–Trinajstić information content (AvgIpc) is 1.97. The maximum Gasteiger partial charge on any atom is 0.216 e. The first-order valence-electron chi connectivity index (χ1n) is 3.38. The van der Waals surface area contributed by atoms with Crippen LogP contribution in [0.4, 0.5) is 0 Å². The van der Waals surface area contributed by atoms with E-state index in [0.29, 0.717) is 13.0 Å². The Balaban J connectivity index is 3.14. The van der Waals surface area contributed by atoms with Gasteiger partial charge in [-0.15, -0.1) is 0 Å². The first-order chi connectivity index (χ1) is 5.16. The zero-order chi connectivity index (χ0) is 8.69. The number of hydrogen-bond acceptors (Lipinski definition) is 3. The molecule has 6 N–H and O–H groups in total. The third kappa shape index (κ3) is 6.79. The molecule has 11 heavy (non-hydrogen) atoms. The first-order valence-corrected chi connectivity index (χ1v) is 3.38. The summed E-state index contributed by atoms with van der Waals surface area (Å²) in [7, 11) is 0. The molecule has 0 fully saturated rings. The van der Waals surface area contributed by atoms with E-state index in [9.17, 15) is 4.79 Å². The van der Waals surface area contributed by atoms with Crippen molar-refractivity contribution in [3.63, 3.8) is 0 Å². The molecule has 0 saturated carbocycles. The molecule has 5 heteroatoms. The fourth-order valence-electron chi connectivity index (χ4n) is 0.604. The fraction of sp³-hybridized carbons (Fsp3) is 0.667. The molecule has 1 atom stereocenters. The van der Waals surface area contributed by atoms with E-state index in [1.807, 2.05) is 0 Å². The van der Waals surface area contributed by atoms with Crippen molar-refractivity contribution in [1.29, 1.82) is 5.41 Å². The van der Waals surface area contributed by atoms with Gasteiger partial charge in [-0.3, -0.25) is 10.2 Å². The molecule has 5 nitrogen and oxygen atoms in total. The maximum absolute atomic E-state index is 9.90. The van der Waals surface area contributed by atoms with Gasteiger partial charge < -0.3 is 16.8 Å². The van der Waals surface area contributed by atoms with Crippen LogP contribution in [0, 0.1) is 5.41 Å². The molecule has 0 aromatic heterocycles. The smallest absolute Gasteiger partial charge is 0.216 e. The normalized spacial score (nSPS) is 12.1. The van der Waals surface area contributed by atoms with Crippen molar-refractivity contribution in [2.24, 2.45) is 11.5 Å². The molecule has 0 unspecified atom stereocenters. The molecule has 0 bridgehead atoms. The van der Waals surface area contributed by atoms with E-state index in [2.05, 4.69) is 5.32 Å². The Morgan fingerprint density at radius 1 is 1.73 bits per heavy atom. The molecular formula is C6H13N4O. The van der Waals surface area contributed by atoms with Gasteiger partial charge in [-0.25, -0.2) is 0 Å². The van der Waals surface area contributed by atoms with Crippen LogP contribution in [-0.4, -0.2) is 24.8 Å². The molecule has 0 spiro atoms. The van der Waals surface area contributed by atoms with Crippen LogP contribution >= 0.6 is 0 Å². The minimum absolute atomic E-state index is 0.0614. The Labute approximate surface area is 65.6 Å². The molecular weight excluding hydrogens is 144 g/mol. The summed E-state index contributed by atoms with van der Waals surface area (Å²) in [5.41, 5.74) is 10.3. The predicted molar refractivity (Wildman–Crippen MR) is 42.8 cm³/mol. The maximum atomic E-state index is 9.90. The zero-order valence-corrected chi connectivity index (χ0v) is 6.26. The van der Waals surface area contributed by atoms with Crippen LogP contribution in [0.5, 0.6) is 0 Å². The first kappa shape index (κ1) is 9.90. The summed E-state index contributed by atoms with van der Waals surface area (Å²) in [5.74, 6) is -0.0614. The van der Waals surface area contributed by atoms with Gasteiger partial charge in [0, 0.05) is 6.54 Å². The second kappa shape index (κ2) is 5.67. The topological polar surface area (TPSA) is 105 Å². The van der Waals surface area contributed by atoms with Crippen LogP contribution in [0.3, 0.4) is 0 Å². The quantitative estimate of drug-likeness (QED) is 0.226. The van der Waals surface area contributed by atoms with E-state index >= 15 is 0 Å². The van der Waals surface area contributed by atoms with Crippen molar-refractivity contribution < 1.29 is 4.79 Å². The van der Waals surface area contributed by atoms with Crippen LogP contribution < -0.4 is 16.8 Å². The van der Waals surface area contributed by atoms with Gasteiger partial charge in [0.05, 0.1) is 6.04 Å². The number of rotatable bonds is 5. The van der Waals surface area contributed by atoms with Gasteiger partial charge in [-0.05, 0) is 12.8 Å². The Kier molecular flexibility index (Phi) is 5.10. The van der Waals surface area contributed by atoms with Crippen LogP contribution in [0.2, 0.25) is 0 Å². The third-order valence-corrected chi connectivity index (χ3v) is 1.16. The number of nitrogens with one attached hydrogen (secondary N) is 2. The average molecular weight is 157 g/mol. The highest BCUT2D eigenvalue weighted by atomic mass is 16.1. The molecule has 0 aliphatic rings.